The molecular formula is C11H17NO6S. The van der Waals surface area contributed by atoms with Crippen LogP contribution in [0.1, 0.15) is 5.76 Å². The van der Waals surface area contributed by atoms with Crippen molar-refractivity contribution in [2.45, 2.75) is 23.9 Å². The van der Waals surface area contributed by atoms with Crippen LogP contribution >= 0.6 is 0 Å². The van der Waals surface area contributed by atoms with Crippen LogP contribution in [-0.2, 0) is 26.1 Å². The standard InChI is InChI=1S/C11H17NO6S/c1-16-9-5-12(6-10(9)17-2)19(14,15)11-4-3-8(7-13)18-11/h3-4,9-10,13H,5-7H2,1-2H3. The van der Waals surface area contributed by atoms with Crippen LogP contribution in [0.2, 0.25) is 0 Å². The van der Waals surface area contributed by atoms with Crippen molar-refractivity contribution in [1.82, 2.24) is 4.31 Å². The van der Waals surface area contributed by atoms with Crippen LogP contribution in [0.25, 0.3) is 0 Å². The number of nitrogens with zero attached hydrogens (tertiary/aromatic N) is 1. The predicted molar refractivity (Wildman–Crippen MR) is 65.0 cm³/mol. The van der Waals surface area contributed by atoms with Gasteiger partial charge in [-0.05, 0) is 12.1 Å². The van der Waals surface area contributed by atoms with Crippen LogP contribution < -0.4 is 0 Å². The predicted octanol–water partition coefficient (Wildman–Crippen LogP) is -0.194. The van der Waals surface area contributed by atoms with Crippen molar-refractivity contribution in [2.75, 3.05) is 27.3 Å². The summed E-state index contributed by atoms with van der Waals surface area (Å²) in [5.74, 6) is 0.212. The van der Waals surface area contributed by atoms with Crippen LogP contribution in [0.3, 0.4) is 0 Å². The summed E-state index contributed by atoms with van der Waals surface area (Å²) in [6, 6.07) is 2.77. The van der Waals surface area contributed by atoms with Gasteiger partial charge in [-0.1, -0.05) is 0 Å². The lowest BCUT2D eigenvalue weighted by atomic mass is 10.3. The van der Waals surface area contributed by atoms with Gasteiger partial charge in [0.15, 0.2) is 0 Å². The molecule has 2 rings (SSSR count). The molecule has 1 aliphatic rings. The number of hydrogen-bond donors (Lipinski definition) is 1. The van der Waals surface area contributed by atoms with Crippen molar-refractivity contribution < 1.29 is 27.4 Å². The van der Waals surface area contributed by atoms with Crippen molar-refractivity contribution in [1.29, 1.82) is 0 Å². The van der Waals surface area contributed by atoms with E-state index in [0.717, 1.165) is 0 Å². The molecule has 1 aromatic rings. The van der Waals surface area contributed by atoms with E-state index in [0.29, 0.717) is 0 Å². The Balaban J connectivity index is 2.21. The second-order valence-electron chi connectivity index (χ2n) is 4.25. The Hall–Kier alpha value is -0.930. The maximum absolute atomic E-state index is 12.3. The number of hydrogen-bond acceptors (Lipinski definition) is 6. The molecule has 0 saturated carbocycles. The maximum Gasteiger partial charge on any atom is 0.276 e. The number of rotatable bonds is 5. The van der Waals surface area contributed by atoms with Gasteiger partial charge in [0.05, 0.1) is 12.2 Å². The molecule has 1 fully saturated rings. The molecule has 8 heteroatoms. The first kappa shape index (κ1) is 14.5. The average Bonchev–Trinajstić information content (AvgIpc) is 3.05. The van der Waals surface area contributed by atoms with Crippen LogP contribution in [0.15, 0.2) is 21.6 Å². The fourth-order valence-electron chi connectivity index (χ4n) is 2.07. The van der Waals surface area contributed by atoms with Crippen LogP contribution in [0.4, 0.5) is 0 Å². The molecule has 0 spiro atoms. The summed E-state index contributed by atoms with van der Waals surface area (Å²) in [6.07, 6.45) is -0.598. The Morgan fingerprint density at radius 2 is 1.89 bits per heavy atom. The van der Waals surface area contributed by atoms with E-state index in [1.54, 1.807) is 0 Å². The normalized spacial score (nSPS) is 25.0. The van der Waals surface area contributed by atoms with E-state index in [4.69, 9.17) is 19.0 Å². The molecule has 1 aromatic heterocycles. The number of sulfonamides is 1. The van der Waals surface area contributed by atoms with Gasteiger partial charge in [0.25, 0.3) is 10.0 Å². The largest absolute Gasteiger partial charge is 0.446 e. The van der Waals surface area contributed by atoms with Gasteiger partial charge in [-0.15, -0.1) is 0 Å². The first-order valence-corrected chi connectivity index (χ1v) is 7.22. The molecule has 1 N–H and O–H groups in total. The second-order valence-corrected chi connectivity index (χ2v) is 6.12. The van der Waals surface area contributed by atoms with Crippen LogP contribution in [-0.4, -0.2) is 57.3 Å². The minimum absolute atomic E-state index is 0.178. The molecule has 0 aliphatic carbocycles. The minimum Gasteiger partial charge on any atom is -0.446 e. The minimum atomic E-state index is -3.72. The lowest BCUT2D eigenvalue weighted by Gasteiger charge is -2.13. The smallest absolute Gasteiger partial charge is 0.276 e. The summed E-state index contributed by atoms with van der Waals surface area (Å²) in [4.78, 5) is 0. The highest BCUT2D eigenvalue weighted by molar-refractivity contribution is 7.89. The van der Waals surface area contributed by atoms with Crippen molar-refractivity contribution in [3.63, 3.8) is 0 Å². The SMILES string of the molecule is COC1CN(S(=O)(=O)c2ccc(CO)o2)CC1OC. The van der Waals surface area contributed by atoms with Crippen molar-refractivity contribution in [3.8, 4) is 0 Å². The molecule has 0 radical (unpaired) electrons. The van der Waals surface area contributed by atoms with E-state index < -0.39 is 10.0 Å². The first-order chi connectivity index (χ1) is 9.02. The maximum atomic E-state index is 12.3. The van der Waals surface area contributed by atoms with Crippen molar-refractivity contribution in [2.24, 2.45) is 0 Å². The Labute approximate surface area is 111 Å². The Morgan fingerprint density at radius 1 is 1.32 bits per heavy atom. The van der Waals surface area contributed by atoms with Gasteiger partial charge < -0.3 is 19.0 Å². The Morgan fingerprint density at radius 3 is 2.32 bits per heavy atom. The Kier molecular flexibility index (Phi) is 4.26. The molecule has 7 nitrogen and oxygen atoms in total. The lowest BCUT2D eigenvalue weighted by Crippen LogP contribution is -2.29. The molecule has 0 aromatic carbocycles. The summed E-state index contributed by atoms with van der Waals surface area (Å²) < 4.78 is 41.4. The molecule has 0 amide bonds. The second kappa shape index (κ2) is 5.59. The molecule has 0 bridgehead atoms. The summed E-state index contributed by atoms with van der Waals surface area (Å²) in [5, 5.41) is 8.72. The zero-order valence-electron chi connectivity index (χ0n) is 10.8. The molecular weight excluding hydrogens is 274 g/mol. The van der Waals surface area contributed by atoms with Gasteiger partial charge in [-0.25, -0.2) is 8.42 Å². The summed E-state index contributed by atoms with van der Waals surface area (Å²) in [7, 11) is -0.684. The molecule has 108 valence electrons. The van der Waals surface area contributed by atoms with E-state index in [-0.39, 0.29) is 42.8 Å². The summed E-state index contributed by atoms with van der Waals surface area (Å²) >= 11 is 0. The number of aliphatic hydroxyl groups excluding tert-OH is 1. The van der Waals surface area contributed by atoms with Gasteiger partial charge in [0.1, 0.15) is 12.4 Å². The Bertz CT molecular complexity index is 513. The fraction of sp³-hybridized carbons (Fsp3) is 0.636. The third-order valence-electron chi connectivity index (χ3n) is 3.17. The van der Waals surface area contributed by atoms with E-state index >= 15 is 0 Å². The summed E-state index contributed by atoms with van der Waals surface area (Å²) in [5.41, 5.74) is 0. The van der Waals surface area contributed by atoms with Gasteiger partial charge >= 0.3 is 0 Å². The molecule has 1 saturated heterocycles. The third kappa shape index (κ3) is 2.67. The van der Waals surface area contributed by atoms with Gasteiger partial charge in [0, 0.05) is 27.3 Å². The number of methoxy groups -OCH3 is 2. The first-order valence-electron chi connectivity index (χ1n) is 5.78. The zero-order valence-corrected chi connectivity index (χ0v) is 11.6. The van der Waals surface area contributed by atoms with Gasteiger partial charge in [0.2, 0.25) is 5.09 Å². The molecule has 2 atom stereocenters. The van der Waals surface area contributed by atoms with E-state index in [1.807, 2.05) is 0 Å². The highest BCUT2D eigenvalue weighted by Crippen LogP contribution is 2.25. The fourth-order valence-corrected chi connectivity index (χ4v) is 3.46. The lowest BCUT2D eigenvalue weighted by molar-refractivity contribution is -0.00461. The number of ether oxygens (including phenoxy) is 2. The monoisotopic (exact) mass is 291 g/mol. The number of aliphatic hydroxyl groups is 1. The van der Waals surface area contributed by atoms with Crippen molar-refractivity contribution >= 4 is 10.0 Å². The third-order valence-corrected chi connectivity index (χ3v) is 4.88. The highest BCUT2D eigenvalue weighted by atomic mass is 32.2. The van der Waals surface area contributed by atoms with E-state index in [9.17, 15) is 8.42 Å². The molecule has 1 aliphatic heterocycles. The highest BCUT2D eigenvalue weighted by Gasteiger charge is 2.41. The van der Waals surface area contributed by atoms with Gasteiger partial charge in [-0.3, -0.25) is 0 Å². The van der Waals surface area contributed by atoms with Crippen LogP contribution in [0, 0.1) is 0 Å². The quantitative estimate of drug-likeness (QED) is 0.808. The zero-order chi connectivity index (χ0) is 14.0. The van der Waals surface area contributed by atoms with Gasteiger partial charge in [-0.2, -0.15) is 4.31 Å². The van der Waals surface area contributed by atoms with Crippen LogP contribution in [0.5, 0.6) is 0 Å². The molecule has 19 heavy (non-hydrogen) atoms. The van der Waals surface area contributed by atoms with E-state index in [2.05, 4.69) is 0 Å². The van der Waals surface area contributed by atoms with Crippen molar-refractivity contribution in [3.05, 3.63) is 17.9 Å². The molecule has 2 unspecified atom stereocenters. The van der Waals surface area contributed by atoms with E-state index in [1.165, 1.54) is 30.7 Å². The number of furan rings is 1. The molecule has 2 heterocycles. The summed E-state index contributed by atoms with van der Waals surface area (Å²) in [6.45, 7) is 0.0932. The average molecular weight is 291 g/mol. The topological polar surface area (TPSA) is 89.2 Å².